The molecule has 4 aromatic rings. The van der Waals surface area contributed by atoms with Crippen molar-refractivity contribution in [3.8, 4) is 17.0 Å². The van der Waals surface area contributed by atoms with Crippen LogP contribution in [0.25, 0.3) is 22.2 Å². The Bertz CT molecular complexity index is 1510. The van der Waals surface area contributed by atoms with Crippen LogP contribution in [0.1, 0.15) is 21.5 Å². The molecule has 8 nitrogen and oxygen atoms in total. The van der Waals surface area contributed by atoms with Gasteiger partial charge in [-0.2, -0.15) is 13.5 Å². The summed E-state index contributed by atoms with van der Waals surface area (Å²) in [5.74, 6) is -0.353. The molecule has 0 saturated heterocycles. The van der Waals surface area contributed by atoms with Gasteiger partial charge in [-0.3, -0.25) is 14.5 Å². The second-order valence-corrected chi connectivity index (χ2v) is 9.86. The number of hydrogen-bond donors (Lipinski definition) is 0. The van der Waals surface area contributed by atoms with Crippen LogP contribution in [-0.2, 0) is 16.7 Å². The number of aryl methyl sites for hydroxylation is 1. The molecule has 0 unspecified atom stereocenters. The number of pyridine rings is 1. The number of fused-ring (bicyclic) bond motifs is 2. The van der Waals surface area contributed by atoms with Crippen molar-refractivity contribution < 1.29 is 17.4 Å². The maximum atomic E-state index is 13.5. The normalized spacial score (nSPS) is 12.9. The molecule has 0 fully saturated rings. The van der Waals surface area contributed by atoms with Crippen LogP contribution >= 0.6 is 0 Å². The Hall–Kier alpha value is -3.56. The first-order chi connectivity index (χ1) is 15.8. The number of nitrogens with zero attached hydrogens (tertiary/aromatic N) is 4. The van der Waals surface area contributed by atoms with E-state index < -0.39 is 10.1 Å². The minimum absolute atomic E-state index is 0.0176. The molecule has 9 heteroatoms. The lowest BCUT2D eigenvalue weighted by Gasteiger charge is -2.17. The van der Waals surface area contributed by atoms with Crippen molar-refractivity contribution in [2.75, 3.05) is 20.6 Å². The second kappa shape index (κ2) is 7.79. The third kappa shape index (κ3) is 3.59. The van der Waals surface area contributed by atoms with Gasteiger partial charge in [0.25, 0.3) is 0 Å². The molecule has 0 N–H and O–H groups in total. The fourth-order valence-corrected chi connectivity index (χ4v) is 4.93. The second-order valence-electron chi connectivity index (χ2n) is 8.31. The summed E-state index contributed by atoms with van der Waals surface area (Å²) in [6, 6.07) is 11.4. The number of carbonyl (C=O) groups is 1. The van der Waals surface area contributed by atoms with E-state index in [2.05, 4.69) is 4.98 Å². The van der Waals surface area contributed by atoms with Gasteiger partial charge < -0.3 is 9.08 Å². The molecular formula is C24H22N4O4S. The van der Waals surface area contributed by atoms with Crippen LogP contribution in [-0.4, -0.2) is 54.5 Å². The number of benzene rings is 2. The van der Waals surface area contributed by atoms with E-state index in [-0.39, 0.29) is 22.0 Å². The summed E-state index contributed by atoms with van der Waals surface area (Å²) in [5, 5.41) is 5.37. The smallest absolute Gasteiger partial charge is 0.339 e. The van der Waals surface area contributed by atoms with Gasteiger partial charge in [-0.15, -0.1) is 0 Å². The molecule has 1 aliphatic carbocycles. The lowest BCUT2D eigenvalue weighted by atomic mass is 9.88. The summed E-state index contributed by atoms with van der Waals surface area (Å²) in [7, 11) is -0.188. The van der Waals surface area contributed by atoms with Gasteiger partial charge in [0, 0.05) is 29.9 Å². The van der Waals surface area contributed by atoms with Crippen LogP contribution in [0, 0.1) is 6.92 Å². The number of likely N-dealkylation sites (N-methyl/N-ethyl adjacent to an activating group) is 1. The summed E-state index contributed by atoms with van der Waals surface area (Å²) in [4.78, 5) is 19.7. The molecule has 168 valence electrons. The molecule has 0 amide bonds. The Morgan fingerprint density at radius 1 is 1.03 bits per heavy atom. The van der Waals surface area contributed by atoms with E-state index in [9.17, 15) is 13.2 Å². The number of hydrogen-bond acceptors (Lipinski definition) is 7. The van der Waals surface area contributed by atoms with Crippen molar-refractivity contribution in [1.82, 2.24) is 19.7 Å². The van der Waals surface area contributed by atoms with Crippen LogP contribution in [0.15, 0.2) is 59.8 Å². The van der Waals surface area contributed by atoms with E-state index in [0.717, 1.165) is 17.6 Å². The summed E-state index contributed by atoms with van der Waals surface area (Å²) >= 11 is 0. The molecule has 0 saturated carbocycles. The highest BCUT2D eigenvalue weighted by atomic mass is 32.2. The molecule has 5 rings (SSSR count). The van der Waals surface area contributed by atoms with E-state index in [1.54, 1.807) is 30.5 Å². The molecule has 0 radical (unpaired) electrons. The van der Waals surface area contributed by atoms with E-state index in [4.69, 9.17) is 9.28 Å². The zero-order chi connectivity index (χ0) is 23.3. The van der Waals surface area contributed by atoms with E-state index in [0.29, 0.717) is 28.8 Å². The van der Waals surface area contributed by atoms with Gasteiger partial charge in [-0.25, -0.2) is 0 Å². The molecule has 2 aromatic carbocycles. The number of aromatic nitrogens is 3. The lowest BCUT2D eigenvalue weighted by Crippen LogP contribution is -2.19. The fraction of sp³-hybridized carbons (Fsp3) is 0.208. The third-order valence-electron chi connectivity index (χ3n) is 5.70. The van der Waals surface area contributed by atoms with Crippen LogP contribution in [0.2, 0.25) is 0 Å². The SMILES string of the molecule is Cc1ccc(S(=O)(=O)Oc2ccc3c4c(nn3CCN(C)C)-c3ccncc3C(=O)c24)cc1. The lowest BCUT2D eigenvalue weighted by molar-refractivity contribution is 0.103. The van der Waals surface area contributed by atoms with Gasteiger partial charge in [0.1, 0.15) is 10.6 Å². The summed E-state index contributed by atoms with van der Waals surface area (Å²) in [5.41, 5.74) is 3.53. The maximum Gasteiger partial charge on any atom is 0.339 e. The van der Waals surface area contributed by atoms with E-state index in [1.165, 1.54) is 24.4 Å². The highest BCUT2D eigenvalue weighted by Gasteiger charge is 2.33. The molecule has 0 aliphatic heterocycles. The summed E-state index contributed by atoms with van der Waals surface area (Å²) < 4.78 is 33.3. The standard InChI is InChI=1S/C24H22N4O4S/c1-15-4-6-16(7-5-15)33(30,31)32-20-9-8-19-21-22(20)24(29)18-14-25-11-10-17(18)23(21)26-28(19)13-12-27(2)3/h4-11,14H,12-13H2,1-3H3. The minimum Gasteiger partial charge on any atom is -0.378 e. The molecule has 0 spiro atoms. The summed E-state index contributed by atoms with van der Waals surface area (Å²) in [6.07, 6.45) is 3.10. The predicted octanol–water partition coefficient (Wildman–Crippen LogP) is 3.28. The largest absolute Gasteiger partial charge is 0.378 e. The number of carbonyl (C=O) groups excluding carboxylic acids is 1. The molecule has 1 aliphatic rings. The minimum atomic E-state index is -4.14. The van der Waals surface area contributed by atoms with Crippen molar-refractivity contribution in [3.63, 3.8) is 0 Å². The van der Waals surface area contributed by atoms with Gasteiger partial charge in [0.05, 0.1) is 23.2 Å². The number of ketones is 1. The van der Waals surface area contributed by atoms with E-state index >= 15 is 0 Å². The molecule has 0 bridgehead atoms. The molecule has 2 aromatic heterocycles. The van der Waals surface area contributed by atoms with Crippen molar-refractivity contribution in [2.24, 2.45) is 0 Å². The zero-order valence-corrected chi connectivity index (χ0v) is 19.3. The Morgan fingerprint density at radius 3 is 2.52 bits per heavy atom. The Labute approximate surface area is 191 Å². The Balaban J connectivity index is 1.69. The van der Waals surface area contributed by atoms with Crippen LogP contribution in [0.5, 0.6) is 5.75 Å². The first-order valence-electron chi connectivity index (χ1n) is 10.4. The Morgan fingerprint density at radius 2 is 1.79 bits per heavy atom. The van der Waals surface area contributed by atoms with Crippen molar-refractivity contribution in [1.29, 1.82) is 0 Å². The van der Waals surface area contributed by atoms with Gasteiger partial charge in [-0.1, -0.05) is 17.7 Å². The first kappa shape index (κ1) is 21.3. The van der Waals surface area contributed by atoms with Crippen molar-refractivity contribution in [2.45, 2.75) is 18.4 Å². The average Bonchev–Trinajstić information content (AvgIpc) is 3.16. The van der Waals surface area contributed by atoms with Crippen molar-refractivity contribution in [3.05, 3.63) is 71.5 Å². The van der Waals surface area contributed by atoms with Crippen LogP contribution in [0.3, 0.4) is 0 Å². The fourth-order valence-electron chi connectivity index (χ4n) is 3.99. The van der Waals surface area contributed by atoms with Crippen LogP contribution < -0.4 is 4.18 Å². The summed E-state index contributed by atoms with van der Waals surface area (Å²) in [6.45, 7) is 3.23. The molecule has 2 heterocycles. The third-order valence-corrected chi connectivity index (χ3v) is 6.95. The van der Waals surface area contributed by atoms with Gasteiger partial charge in [0.15, 0.2) is 11.5 Å². The topological polar surface area (TPSA) is 94.4 Å². The first-order valence-corrected chi connectivity index (χ1v) is 11.9. The average molecular weight is 463 g/mol. The maximum absolute atomic E-state index is 13.5. The highest BCUT2D eigenvalue weighted by molar-refractivity contribution is 7.87. The quantitative estimate of drug-likeness (QED) is 0.358. The molecule has 33 heavy (non-hydrogen) atoms. The van der Waals surface area contributed by atoms with E-state index in [1.807, 2.05) is 30.6 Å². The van der Waals surface area contributed by atoms with Gasteiger partial charge in [-0.05, 0) is 51.4 Å². The zero-order valence-electron chi connectivity index (χ0n) is 18.4. The Kier molecular flexibility index (Phi) is 5.02. The van der Waals surface area contributed by atoms with Gasteiger partial charge in [0.2, 0.25) is 0 Å². The van der Waals surface area contributed by atoms with Crippen molar-refractivity contribution >= 4 is 26.8 Å². The highest BCUT2D eigenvalue weighted by Crippen LogP contribution is 2.43. The van der Waals surface area contributed by atoms with Gasteiger partial charge >= 0.3 is 10.1 Å². The molecule has 0 atom stereocenters. The monoisotopic (exact) mass is 462 g/mol. The number of rotatable bonds is 6. The van der Waals surface area contributed by atoms with Crippen LogP contribution in [0.4, 0.5) is 0 Å². The predicted molar refractivity (Wildman–Crippen MR) is 124 cm³/mol. The molecular weight excluding hydrogens is 440 g/mol.